The third kappa shape index (κ3) is 5.36. The summed E-state index contributed by atoms with van der Waals surface area (Å²) in [6.45, 7) is 3.10. The number of carbonyl (C=O) groups is 2. The van der Waals surface area contributed by atoms with Crippen molar-refractivity contribution in [1.82, 2.24) is 10.3 Å². The molecule has 1 fully saturated rings. The number of benzene rings is 1. The van der Waals surface area contributed by atoms with E-state index in [0.717, 1.165) is 36.7 Å². The number of anilines is 1. The number of aromatic nitrogens is 1. The molecule has 1 aromatic heterocycles. The molecule has 1 heterocycles. The van der Waals surface area contributed by atoms with Gasteiger partial charge in [0.2, 0.25) is 5.91 Å². The highest BCUT2D eigenvalue weighted by atomic mass is 32.1. The minimum Gasteiger partial charge on any atom is -0.406 e. The Kier molecular flexibility index (Phi) is 5.48. The highest BCUT2D eigenvalue weighted by Crippen LogP contribution is 2.33. The normalized spacial score (nSPS) is 16.2. The number of hydrogen-bond acceptors (Lipinski definition) is 6. The number of fused-ring (bicyclic) bond motifs is 1. The van der Waals surface area contributed by atoms with Crippen molar-refractivity contribution < 1.29 is 27.5 Å². The van der Waals surface area contributed by atoms with E-state index in [-0.39, 0.29) is 23.2 Å². The van der Waals surface area contributed by atoms with Crippen molar-refractivity contribution >= 4 is 38.5 Å². The molecule has 2 amide bonds. The Hall–Kier alpha value is -2.40. The number of rotatable bonds is 6. The number of nitrogens with one attached hydrogen (secondary N) is 2. The van der Waals surface area contributed by atoms with E-state index in [1.807, 2.05) is 0 Å². The maximum absolute atomic E-state index is 12.6. The highest BCUT2D eigenvalue weighted by molar-refractivity contribution is 7.22. The van der Waals surface area contributed by atoms with Gasteiger partial charge in [0.25, 0.3) is 5.91 Å². The van der Waals surface area contributed by atoms with Crippen LogP contribution in [0.1, 0.15) is 39.5 Å². The third-order valence-corrected chi connectivity index (χ3v) is 5.63. The van der Waals surface area contributed by atoms with Gasteiger partial charge in [-0.2, -0.15) is 0 Å². The Balaban J connectivity index is 1.65. The predicted octanol–water partition coefficient (Wildman–Crippen LogP) is 3.30. The quantitative estimate of drug-likeness (QED) is 0.652. The summed E-state index contributed by atoms with van der Waals surface area (Å²) in [5, 5.41) is 5.46. The summed E-state index contributed by atoms with van der Waals surface area (Å²) < 4.78 is 41.4. The van der Waals surface area contributed by atoms with Crippen molar-refractivity contribution in [2.45, 2.75) is 57.0 Å². The van der Waals surface area contributed by atoms with Crippen LogP contribution in [0.25, 0.3) is 10.2 Å². The molecule has 0 unspecified atom stereocenters. The van der Waals surface area contributed by atoms with Crippen molar-refractivity contribution in [2.75, 3.05) is 5.32 Å². The molecule has 3 rings (SSSR count). The van der Waals surface area contributed by atoms with Crippen molar-refractivity contribution in [3.63, 3.8) is 0 Å². The molecular formula is C18H21F3N4O3S. The number of nitrogens with zero attached hydrogens (tertiary/aromatic N) is 1. The lowest BCUT2D eigenvalue weighted by atomic mass is 9.75. The van der Waals surface area contributed by atoms with Gasteiger partial charge in [0.15, 0.2) is 5.13 Å². The first-order valence-corrected chi connectivity index (χ1v) is 9.75. The molecule has 0 radical (unpaired) electrons. The van der Waals surface area contributed by atoms with Gasteiger partial charge < -0.3 is 15.8 Å². The second-order valence-electron chi connectivity index (χ2n) is 7.72. The molecule has 0 saturated heterocycles. The standard InChI is InChI=1S/C18H21F3N4O3S/c1-16(2,25-13(26)9-17(22)6-3-7-17)14(27)24-15-23-11-5-4-10(8-12(11)29-15)28-18(19,20)21/h4-5,8H,3,6-7,9,22H2,1-2H3,(H,25,26)(H,23,24,27). The first-order chi connectivity index (χ1) is 13.4. The molecule has 1 aliphatic carbocycles. The van der Waals surface area contributed by atoms with Crippen LogP contribution in [-0.4, -0.2) is 34.2 Å². The van der Waals surface area contributed by atoms with E-state index in [9.17, 15) is 22.8 Å². The first kappa shape index (κ1) is 21.3. The van der Waals surface area contributed by atoms with E-state index in [0.29, 0.717) is 10.2 Å². The van der Waals surface area contributed by atoms with E-state index in [4.69, 9.17) is 5.73 Å². The average Bonchev–Trinajstić information content (AvgIpc) is 2.92. The molecular weight excluding hydrogens is 409 g/mol. The van der Waals surface area contributed by atoms with Crippen LogP contribution in [0.15, 0.2) is 18.2 Å². The second-order valence-corrected chi connectivity index (χ2v) is 8.75. The summed E-state index contributed by atoms with van der Waals surface area (Å²) >= 11 is 1.00. The molecule has 1 aromatic carbocycles. The Morgan fingerprint density at radius 1 is 1.31 bits per heavy atom. The van der Waals surface area contributed by atoms with Crippen LogP contribution in [0, 0.1) is 0 Å². The van der Waals surface area contributed by atoms with Gasteiger partial charge in [0, 0.05) is 18.0 Å². The van der Waals surface area contributed by atoms with Gasteiger partial charge in [-0.1, -0.05) is 11.3 Å². The smallest absolute Gasteiger partial charge is 0.406 e. The van der Waals surface area contributed by atoms with E-state index < -0.39 is 23.3 Å². The number of nitrogens with two attached hydrogens (primary N) is 1. The van der Waals surface area contributed by atoms with Crippen molar-refractivity contribution in [2.24, 2.45) is 5.73 Å². The molecule has 0 spiro atoms. The zero-order valence-electron chi connectivity index (χ0n) is 15.9. The van der Waals surface area contributed by atoms with Crippen LogP contribution in [0.2, 0.25) is 0 Å². The zero-order valence-corrected chi connectivity index (χ0v) is 16.7. The fraction of sp³-hybridized carbons (Fsp3) is 0.500. The van der Waals surface area contributed by atoms with E-state index in [1.165, 1.54) is 12.1 Å². The summed E-state index contributed by atoms with van der Waals surface area (Å²) in [5.74, 6) is -1.19. The maximum atomic E-state index is 12.6. The average molecular weight is 430 g/mol. The number of carbonyl (C=O) groups excluding carboxylic acids is 2. The fourth-order valence-corrected chi connectivity index (χ4v) is 3.88. The summed E-state index contributed by atoms with van der Waals surface area (Å²) in [6, 6.07) is 3.71. The minimum atomic E-state index is -4.79. The number of thiazole rings is 1. The Morgan fingerprint density at radius 2 is 2.00 bits per heavy atom. The summed E-state index contributed by atoms with van der Waals surface area (Å²) in [6.07, 6.45) is -2.11. The molecule has 4 N–H and O–H groups in total. The van der Waals surface area contributed by atoms with Gasteiger partial charge in [-0.25, -0.2) is 4.98 Å². The molecule has 0 aliphatic heterocycles. The van der Waals surface area contributed by atoms with Crippen LogP contribution < -0.4 is 21.1 Å². The first-order valence-electron chi connectivity index (χ1n) is 8.93. The zero-order chi connectivity index (χ0) is 21.4. The fourth-order valence-electron chi connectivity index (χ4n) is 2.99. The predicted molar refractivity (Wildman–Crippen MR) is 103 cm³/mol. The SMILES string of the molecule is CC(C)(NC(=O)CC1(N)CCC1)C(=O)Nc1nc2ccc(OC(F)(F)F)cc2s1. The molecule has 158 valence electrons. The number of alkyl halides is 3. The number of halogens is 3. The third-order valence-electron chi connectivity index (χ3n) is 4.70. The number of ether oxygens (including phenoxy) is 1. The van der Waals surface area contributed by atoms with Gasteiger partial charge in [-0.05, 0) is 45.2 Å². The van der Waals surface area contributed by atoms with Gasteiger partial charge in [0.1, 0.15) is 11.3 Å². The Morgan fingerprint density at radius 3 is 2.59 bits per heavy atom. The monoisotopic (exact) mass is 430 g/mol. The van der Waals surface area contributed by atoms with Crippen molar-refractivity contribution in [1.29, 1.82) is 0 Å². The minimum absolute atomic E-state index is 0.146. The molecule has 1 aliphatic rings. The van der Waals surface area contributed by atoms with E-state index >= 15 is 0 Å². The molecule has 0 bridgehead atoms. The molecule has 7 nitrogen and oxygen atoms in total. The van der Waals surface area contributed by atoms with Crippen LogP contribution >= 0.6 is 11.3 Å². The molecule has 2 aromatic rings. The van der Waals surface area contributed by atoms with Gasteiger partial charge in [0.05, 0.1) is 10.2 Å². The summed E-state index contributed by atoms with van der Waals surface area (Å²) in [5.41, 5.74) is 4.76. The van der Waals surface area contributed by atoms with Crippen molar-refractivity contribution in [3.05, 3.63) is 18.2 Å². The number of amides is 2. The Labute approximate surface area is 168 Å². The molecule has 29 heavy (non-hydrogen) atoms. The lowest BCUT2D eigenvalue weighted by Gasteiger charge is -2.38. The van der Waals surface area contributed by atoms with Crippen LogP contribution in [0.5, 0.6) is 5.75 Å². The van der Waals surface area contributed by atoms with Gasteiger partial charge >= 0.3 is 6.36 Å². The largest absolute Gasteiger partial charge is 0.573 e. The molecule has 0 atom stereocenters. The van der Waals surface area contributed by atoms with E-state index in [1.54, 1.807) is 13.8 Å². The lowest BCUT2D eigenvalue weighted by Crippen LogP contribution is -2.56. The Bertz CT molecular complexity index is 938. The van der Waals surface area contributed by atoms with Gasteiger partial charge in [-0.3, -0.25) is 14.9 Å². The maximum Gasteiger partial charge on any atom is 0.573 e. The van der Waals surface area contributed by atoms with E-state index in [2.05, 4.69) is 20.4 Å². The molecule has 11 heteroatoms. The van der Waals surface area contributed by atoms with Crippen LogP contribution in [-0.2, 0) is 9.59 Å². The number of hydrogen-bond donors (Lipinski definition) is 3. The molecule has 1 saturated carbocycles. The van der Waals surface area contributed by atoms with Crippen LogP contribution in [0.3, 0.4) is 0 Å². The second kappa shape index (κ2) is 7.45. The topological polar surface area (TPSA) is 106 Å². The van der Waals surface area contributed by atoms with Crippen LogP contribution in [0.4, 0.5) is 18.3 Å². The van der Waals surface area contributed by atoms with Gasteiger partial charge in [-0.15, -0.1) is 13.2 Å². The summed E-state index contributed by atoms with van der Waals surface area (Å²) in [4.78, 5) is 29.0. The highest BCUT2D eigenvalue weighted by Gasteiger charge is 2.37. The lowest BCUT2D eigenvalue weighted by molar-refractivity contribution is -0.274. The summed E-state index contributed by atoms with van der Waals surface area (Å²) in [7, 11) is 0. The van der Waals surface area contributed by atoms with Crippen molar-refractivity contribution in [3.8, 4) is 5.75 Å².